The molecule has 1 fully saturated rings. The number of fused-ring (bicyclic) bond motifs is 3. The Bertz CT molecular complexity index is 812. The van der Waals surface area contributed by atoms with Gasteiger partial charge in [-0.2, -0.15) is 5.10 Å². The van der Waals surface area contributed by atoms with Crippen LogP contribution in [0.1, 0.15) is 53.1 Å². The van der Waals surface area contributed by atoms with Crippen molar-refractivity contribution < 1.29 is 14.6 Å². The van der Waals surface area contributed by atoms with Gasteiger partial charge in [0.25, 0.3) is 5.91 Å². The van der Waals surface area contributed by atoms with Gasteiger partial charge in [-0.1, -0.05) is 0 Å². The van der Waals surface area contributed by atoms with Crippen molar-refractivity contribution in [1.29, 1.82) is 0 Å². The molecular weight excluding hydrogens is 320 g/mol. The molecule has 4 rings (SSSR count). The van der Waals surface area contributed by atoms with Gasteiger partial charge in [-0.05, 0) is 38.3 Å². The first-order valence-corrected chi connectivity index (χ1v) is 8.45. The normalized spacial score (nSPS) is 23.8. The van der Waals surface area contributed by atoms with Crippen LogP contribution in [0.25, 0.3) is 0 Å². The van der Waals surface area contributed by atoms with Gasteiger partial charge in [0.15, 0.2) is 5.69 Å². The zero-order valence-electron chi connectivity index (χ0n) is 14.5. The maximum Gasteiger partial charge on any atom is 0.272 e. The summed E-state index contributed by atoms with van der Waals surface area (Å²) in [6.45, 7) is 3.43. The van der Waals surface area contributed by atoms with Gasteiger partial charge in [-0.25, -0.2) is 0 Å². The molecule has 2 aliphatic carbocycles. The van der Waals surface area contributed by atoms with Crippen LogP contribution in [0.5, 0.6) is 5.75 Å². The van der Waals surface area contributed by atoms with Crippen LogP contribution in [0.2, 0.25) is 0 Å². The fourth-order valence-electron chi connectivity index (χ4n) is 3.82. The molecule has 1 amide bonds. The zero-order chi connectivity index (χ0) is 17.8. The number of aliphatic hydroxyl groups excluding tert-OH is 1. The van der Waals surface area contributed by atoms with Gasteiger partial charge < -0.3 is 15.2 Å². The Labute approximate surface area is 145 Å². The summed E-state index contributed by atoms with van der Waals surface area (Å²) < 4.78 is 5.16. The molecule has 2 aliphatic rings. The van der Waals surface area contributed by atoms with E-state index < -0.39 is 5.54 Å². The number of nitrogens with zero attached hydrogens (tertiary/aromatic N) is 2. The molecular formula is C18H22N4O3. The van der Waals surface area contributed by atoms with E-state index in [-0.39, 0.29) is 12.5 Å². The molecule has 25 heavy (non-hydrogen) atoms. The van der Waals surface area contributed by atoms with Gasteiger partial charge in [0, 0.05) is 28.8 Å². The largest absolute Gasteiger partial charge is 0.495 e. The van der Waals surface area contributed by atoms with Crippen molar-refractivity contribution in [3.8, 4) is 5.75 Å². The lowest BCUT2D eigenvalue weighted by atomic mass is 10.0. The summed E-state index contributed by atoms with van der Waals surface area (Å²) >= 11 is 0. The molecule has 0 saturated heterocycles. The number of aromatic nitrogens is 3. The van der Waals surface area contributed by atoms with Gasteiger partial charge in [0.1, 0.15) is 5.75 Å². The number of hydrogen-bond acceptors (Lipinski definition) is 5. The monoisotopic (exact) mass is 342 g/mol. The van der Waals surface area contributed by atoms with E-state index in [1.54, 1.807) is 27.2 Å². The zero-order valence-corrected chi connectivity index (χ0v) is 14.5. The van der Waals surface area contributed by atoms with E-state index in [1.165, 1.54) is 0 Å². The first-order chi connectivity index (χ1) is 11.9. The highest BCUT2D eigenvalue weighted by atomic mass is 16.5. The third-order valence-electron chi connectivity index (χ3n) is 5.24. The number of carbonyl (C=O) groups is 1. The van der Waals surface area contributed by atoms with E-state index in [0.29, 0.717) is 23.4 Å². The Morgan fingerprint density at radius 2 is 2.24 bits per heavy atom. The van der Waals surface area contributed by atoms with Crippen molar-refractivity contribution in [1.82, 2.24) is 20.5 Å². The van der Waals surface area contributed by atoms with Gasteiger partial charge >= 0.3 is 0 Å². The summed E-state index contributed by atoms with van der Waals surface area (Å²) in [5.74, 6) is 1.72. The number of carbonyl (C=O) groups excluding carboxylic acids is 1. The highest BCUT2D eigenvalue weighted by Gasteiger charge is 2.59. The summed E-state index contributed by atoms with van der Waals surface area (Å²) in [4.78, 5) is 17.0. The number of aliphatic hydroxyl groups is 1. The molecule has 7 nitrogen and oxygen atoms in total. The molecule has 0 spiro atoms. The van der Waals surface area contributed by atoms with Crippen LogP contribution in [0.15, 0.2) is 18.3 Å². The summed E-state index contributed by atoms with van der Waals surface area (Å²) in [5.41, 5.74) is 2.90. The lowest BCUT2D eigenvalue weighted by Crippen LogP contribution is -2.46. The van der Waals surface area contributed by atoms with Crippen molar-refractivity contribution in [2.75, 3.05) is 13.7 Å². The summed E-state index contributed by atoms with van der Waals surface area (Å²) in [5, 5.41) is 19.4. The lowest BCUT2D eigenvalue weighted by Gasteiger charge is -2.23. The van der Waals surface area contributed by atoms with Crippen molar-refractivity contribution >= 4 is 5.91 Å². The first-order valence-electron chi connectivity index (χ1n) is 8.45. The molecule has 0 bridgehead atoms. The first kappa shape index (κ1) is 16.1. The Morgan fingerprint density at radius 1 is 1.44 bits per heavy atom. The predicted octanol–water partition coefficient (Wildman–Crippen LogP) is 1.37. The standard InChI is InChI=1S/C18H22N4O3/c1-18(2,8-23)20-17(24)16-11-6-10-13(14(10)15(11)21-22-16)12-5-4-9(25-3)7-19-12/h4-5,7,10,13-14,23H,6,8H2,1-3H3,(H,20,24)(H,21,22). The topological polar surface area (TPSA) is 100 Å². The number of ether oxygens (including phenoxy) is 1. The highest BCUT2D eigenvalue weighted by Crippen LogP contribution is 2.66. The van der Waals surface area contributed by atoms with E-state index >= 15 is 0 Å². The molecule has 0 radical (unpaired) electrons. The Hall–Kier alpha value is -2.41. The highest BCUT2D eigenvalue weighted by molar-refractivity contribution is 5.94. The number of nitrogens with one attached hydrogen (secondary N) is 2. The van der Waals surface area contributed by atoms with E-state index in [1.807, 2.05) is 12.1 Å². The average Bonchev–Trinajstić information content (AvgIpc) is 2.95. The quantitative estimate of drug-likeness (QED) is 0.762. The number of methoxy groups -OCH3 is 1. The van der Waals surface area contributed by atoms with Crippen molar-refractivity contribution in [3.05, 3.63) is 41.0 Å². The Balaban J connectivity index is 1.52. The van der Waals surface area contributed by atoms with E-state index in [0.717, 1.165) is 29.1 Å². The molecule has 7 heteroatoms. The molecule has 1 saturated carbocycles. The second-order valence-electron chi connectivity index (χ2n) is 7.50. The van der Waals surface area contributed by atoms with E-state index in [9.17, 15) is 9.90 Å². The van der Waals surface area contributed by atoms with Crippen LogP contribution >= 0.6 is 0 Å². The summed E-state index contributed by atoms with van der Waals surface area (Å²) in [6.07, 6.45) is 2.57. The SMILES string of the molecule is COc1ccc(C2C3Cc4c(C(=O)NC(C)(C)CO)n[nH]c4C32)nc1. The van der Waals surface area contributed by atoms with Crippen LogP contribution in [0.4, 0.5) is 0 Å². The fourth-order valence-corrected chi connectivity index (χ4v) is 3.82. The van der Waals surface area contributed by atoms with Gasteiger partial charge in [-0.15, -0.1) is 0 Å². The molecule has 0 aromatic carbocycles. The predicted molar refractivity (Wildman–Crippen MR) is 90.7 cm³/mol. The summed E-state index contributed by atoms with van der Waals surface area (Å²) in [6, 6.07) is 3.94. The maximum absolute atomic E-state index is 12.5. The lowest BCUT2D eigenvalue weighted by molar-refractivity contribution is 0.0863. The van der Waals surface area contributed by atoms with E-state index in [2.05, 4.69) is 20.5 Å². The van der Waals surface area contributed by atoms with Crippen LogP contribution in [0, 0.1) is 5.92 Å². The number of H-pyrrole nitrogens is 1. The number of amides is 1. The van der Waals surface area contributed by atoms with Crippen LogP contribution in [-0.2, 0) is 6.42 Å². The minimum absolute atomic E-state index is 0.123. The van der Waals surface area contributed by atoms with Gasteiger partial charge in [0.2, 0.25) is 0 Å². The Morgan fingerprint density at radius 3 is 2.88 bits per heavy atom. The number of hydrogen-bond donors (Lipinski definition) is 3. The minimum atomic E-state index is -0.667. The average molecular weight is 342 g/mol. The van der Waals surface area contributed by atoms with Gasteiger partial charge in [-0.3, -0.25) is 14.9 Å². The molecule has 3 N–H and O–H groups in total. The smallest absolute Gasteiger partial charge is 0.272 e. The summed E-state index contributed by atoms with van der Waals surface area (Å²) in [7, 11) is 1.63. The number of rotatable bonds is 5. The number of aromatic amines is 1. The second kappa shape index (κ2) is 5.56. The third-order valence-corrected chi connectivity index (χ3v) is 5.24. The molecule has 2 aromatic rings. The minimum Gasteiger partial charge on any atom is -0.495 e. The van der Waals surface area contributed by atoms with Crippen molar-refractivity contribution in [2.45, 2.75) is 37.6 Å². The Kier molecular flexibility index (Phi) is 3.57. The van der Waals surface area contributed by atoms with Crippen LogP contribution in [0.3, 0.4) is 0 Å². The molecule has 2 heterocycles. The maximum atomic E-state index is 12.5. The molecule has 3 unspecified atom stereocenters. The molecule has 2 aromatic heterocycles. The van der Waals surface area contributed by atoms with Crippen LogP contribution < -0.4 is 10.1 Å². The third kappa shape index (κ3) is 2.59. The second-order valence-corrected chi connectivity index (χ2v) is 7.50. The van der Waals surface area contributed by atoms with Gasteiger partial charge in [0.05, 0.1) is 25.5 Å². The van der Waals surface area contributed by atoms with Crippen molar-refractivity contribution in [3.63, 3.8) is 0 Å². The number of pyridine rings is 1. The van der Waals surface area contributed by atoms with E-state index in [4.69, 9.17) is 4.74 Å². The molecule has 132 valence electrons. The van der Waals surface area contributed by atoms with Crippen molar-refractivity contribution in [2.24, 2.45) is 5.92 Å². The van der Waals surface area contributed by atoms with Crippen LogP contribution in [-0.4, -0.2) is 45.5 Å². The molecule has 0 aliphatic heterocycles. The molecule has 3 atom stereocenters. The fraction of sp³-hybridized carbons (Fsp3) is 0.500.